The van der Waals surface area contributed by atoms with Crippen LogP contribution in [0.3, 0.4) is 0 Å². The molecule has 4 aliphatic carbocycles. The number of hydrogen-bond donors (Lipinski definition) is 0. The van der Waals surface area contributed by atoms with Gasteiger partial charge in [0.2, 0.25) is 0 Å². The van der Waals surface area contributed by atoms with E-state index in [4.69, 9.17) is 0 Å². The summed E-state index contributed by atoms with van der Waals surface area (Å²) in [6.45, 7) is 0. The molecule has 0 amide bonds. The van der Waals surface area contributed by atoms with E-state index < -0.39 is 0 Å². The molecule has 21 heavy (non-hydrogen) atoms. The third-order valence-electron chi connectivity index (χ3n) is 6.21. The summed E-state index contributed by atoms with van der Waals surface area (Å²) < 4.78 is 0. The highest BCUT2D eigenvalue weighted by molar-refractivity contribution is 5.65. The lowest BCUT2D eigenvalue weighted by atomic mass is 9.67. The molecule has 2 fully saturated rings. The average Bonchev–Trinajstić information content (AvgIpc) is 2.70. The lowest BCUT2D eigenvalue weighted by Crippen LogP contribution is -2.25. The maximum absolute atomic E-state index is 2.53. The van der Waals surface area contributed by atoms with Gasteiger partial charge in [-0.1, -0.05) is 48.5 Å². The minimum absolute atomic E-state index is 0.847. The Morgan fingerprint density at radius 1 is 0.571 bits per heavy atom. The predicted octanol–water partition coefficient (Wildman–Crippen LogP) is 5.74. The highest BCUT2D eigenvalue weighted by Gasteiger charge is 2.41. The Hall–Kier alpha value is -1.56. The van der Waals surface area contributed by atoms with Gasteiger partial charge in [-0.25, -0.2) is 0 Å². The van der Waals surface area contributed by atoms with E-state index in [0.29, 0.717) is 0 Å². The third kappa shape index (κ3) is 1.88. The monoisotopic (exact) mass is 274 g/mol. The van der Waals surface area contributed by atoms with Crippen LogP contribution in [-0.2, 0) is 0 Å². The summed E-state index contributed by atoms with van der Waals surface area (Å²) in [6, 6.07) is 18.2. The Morgan fingerprint density at radius 2 is 1.24 bits per heavy atom. The Balaban J connectivity index is 1.64. The van der Waals surface area contributed by atoms with Gasteiger partial charge in [-0.15, -0.1) is 0 Å². The fraction of sp³-hybridized carbons (Fsp3) is 0.429. The molecule has 106 valence electrons. The smallest absolute Gasteiger partial charge is 0.0154 e. The van der Waals surface area contributed by atoms with Gasteiger partial charge in [0.1, 0.15) is 0 Å². The highest BCUT2D eigenvalue weighted by atomic mass is 14.5. The van der Waals surface area contributed by atoms with Crippen molar-refractivity contribution in [3.63, 3.8) is 0 Å². The van der Waals surface area contributed by atoms with Gasteiger partial charge in [-0.05, 0) is 78.0 Å². The average molecular weight is 274 g/mol. The van der Waals surface area contributed by atoms with Crippen molar-refractivity contribution in [1.82, 2.24) is 0 Å². The molecule has 2 atom stereocenters. The van der Waals surface area contributed by atoms with Gasteiger partial charge in [0, 0.05) is 0 Å². The molecule has 6 rings (SSSR count). The van der Waals surface area contributed by atoms with Gasteiger partial charge in [0.15, 0.2) is 0 Å². The van der Waals surface area contributed by atoms with Crippen LogP contribution in [-0.4, -0.2) is 0 Å². The van der Waals surface area contributed by atoms with E-state index in [9.17, 15) is 0 Å². The molecule has 2 aromatic rings. The molecule has 0 aliphatic heterocycles. The largest absolute Gasteiger partial charge is 0.0622 e. The SMILES string of the molecule is c1ccc(-c2ccc3c(c2)C2CC4CC(CC3C4)C2)cc1. The Kier molecular flexibility index (Phi) is 2.56. The van der Waals surface area contributed by atoms with Crippen LogP contribution in [0.1, 0.15) is 55.1 Å². The molecule has 0 radical (unpaired) electrons. The van der Waals surface area contributed by atoms with E-state index in [1.165, 1.54) is 43.2 Å². The maximum atomic E-state index is 2.53. The number of hydrogen-bond acceptors (Lipinski definition) is 0. The summed E-state index contributed by atoms with van der Waals surface area (Å²) >= 11 is 0. The fourth-order valence-electron chi connectivity index (χ4n) is 5.47. The van der Waals surface area contributed by atoms with Crippen LogP contribution < -0.4 is 0 Å². The van der Waals surface area contributed by atoms with E-state index in [-0.39, 0.29) is 0 Å². The van der Waals surface area contributed by atoms with Crippen molar-refractivity contribution in [2.75, 3.05) is 0 Å². The van der Waals surface area contributed by atoms with Gasteiger partial charge >= 0.3 is 0 Å². The standard InChI is InChI=1S/C21H22/c1-2-4-16(5-3-1)17-6-7-20-18-9-14-8-15(10-18)12-19(11-14)21(20)13-17/h1-7,13-15,18-19H,8-12H2. The molecule has 0 heteroatoms. The van der Waals surface area contributed by atoms with Crippen LogP contribution in [0.4, 0.5) is 0 Å². The van der Waals surface area contributed by atoms with Crippen molar-refractivity contribution in [3.05, 3.63) is 59.7 Å². The molecule has 4 aliphatic rings. The molecular weight excluding hydrogens is 252 g/mol. The lowest BCUT2D eigenvalue weighted by molar-refractivity contribution is 0.166. The Labute approximate surface area is 127 Å². The van der Waals surface area contributed by atoms with Crippen molar-refractivity contribution < 1.29 is 0 Å². The summed E-state index contributed by atoms with van der Waals surface area (Å²) in [4.78, 5) is 0. The second-order valence-electron chi connectivity index (χ2n) is 7.51. The first-order valence-electron chi connectivity index (χ1n) is 8.56. The van der Waals surface area contributed by atoms with Gasteiger partial charge in [-0.3, -0.25) is 0 Å². The molecule has 2 saturated carbocycles. The van der Waals surface area contributed by atoms with Crippen molar-refractivity contribution in [1.29, 1.82) is 0 Å². The molecular formula is C21H22. The van der Waals surface area contributed by atoms with Gasteiger partial charge in [0.05, 0.1) is 0 Å². The topological polar surface area (TPSA) is 0 Å². The predicted molar refractivity (Wildman–Crippen MR) is 87.4 cm³/mol. The molecule has 0 heterocycles. The van der Waals surface area contributed by atoms with Gasteiger partial charge in [-0.2, -0.15) is 0 Å². The molecule has 0 N–H and O–H groups in total. The first-order chi connectivity index (χ1) is 10.4. The molecule has 0 nitrogen and oxygen atoms in total. The zero-order valence-electron chi connectivity index (χ0n) is 12.5. The van der Waals surface area contributed by atoms with E-state index in [1.807, 2.05) is 0 Å². The summed E-state index contributed by atoms with van der Waals surface area (Å²) in [5, 5.41) is 0. The molecule has 0 saturated heterocycles. The minimum atomic E-state index is 0.847. The van der Waals surface area contributed by atoms with Crippen LogP contribution >= 0.6 is 0 Å². The van der Waals surface area contributed by atoms with Crippen LogP contribution in [0.5, 0.6) is 0 Å². The van der Waals surface area contributed by atoms with Gasteiger partial charge in [0.25, 0.3) is 0 Å². The second-order valence-corrected chi connectivity index (χ2v) is 7.51. The third-order valence-corrected chi connectivity index (χ3v) is 6.21. The van der Waals surface area contributed by atoms with Crippen molar-refractivity contribution in [3.8, 4) is 11.1 Å². The zero-order chi connectivity index (χ0) is 13.8. The summed E-state index contributed by atoms with van der Waals surface area (Å²) in [5.41, 5.74) is 6.18. The quantitative estimate of drug-likeness (QED) is 0.621. The minimum Gasteiger partial charge on any atom is -0.0622 e. The van der Waals surface area contributed by atoms with Crippen LogP contribution in [0, 0.1) is 11.8 Å². The highest BCUT2D eigenvalue weighted by Crippen LogP contribution is 2.56. The molecule has 0 aromatic heterocycles. The summed E-state index contributed by atoms with van der Waals surface area (Å²) in [6.07, 6.45) is 7.36. The molecule has 2 aromatic carbocycles. The molecule has 2 unspecified atom stereocenters. The van der Waals surface area contributed by atoms with Crippen molar-refractivity contribution in [2.24, 2.45) is 11.8 Å². The summed E-state index contributed by atoms with van der Waals surface area (Å²) in [5.74, 6) is 3.74. The molecule has 4 bridgehead atoms. The fourth-order valence-corrected chi connectivity index (χ4v) is 5.47. The Morgan fingerprint density at radius 3 is 1.95 bits per heavy atom. The molecule has 0 spiro atoms. The van der Waals surface area contributed by atoms with Crippen LogP contribution in [0.15, 0.2) is 48.5 Å². The normalized spacial score (nSPS) is 32.8. The van der Waals surface area contributed by atoms with E-state index in [2.05, 4.69) is 48.5 Å². The number of rotatable bonds is 1. The Bertz CT molecular complexity index is 656. The van der Waals surface area contributed by atoms with Crippen molar-refractivity contribution >= 4 is 0 Å². The van der Waals surface area contributed by atoms with E-state index in [0.717, 1.165) is 23.7 Å². The van der Waals surface area contributed by atoms with Crippen molar-refractivity contribution in [2.45, 2.75) is 43.9 Å². The zero-order valence-corrected chi connectivity index (χ0v) is 12.5. The van der Waals surface area contributed by atoms with Crippen LogP contribution in [0.2, 0.25) is 0 Å². The van der Waals surface area contributed by atoms with E-state index in [1.54, 1.807) is 11.1 Å². The van der Waals surface area contributed by atoms with Gasteiger partial charge < -0.3 is 0 Å². The van der Waals surface area contributed by atoms with E-state index >= 15 is 0 Å². The second kappa shape index (κ2) is 4.47. The van der Waals surface area contributed by atoms with Crippen LogP contribution in [0.25, 0.3) is 11.1 Å². The number of benzene rings is 2. The maximum Gasteiger partial charge on any atom is -0.0154 e. The first-order valence-corrected chi connectivity index (χ1v) is 8.56. The lowest BCUT2D eigenvalue weighted by Gasteiger charge is -2.38. The first kappa shape index (κ1) is 12.0. The summed E-state index contributed by atoms with van der Waals surface area (Å²) in [7, 11) is 0.